The molecule has 4 nitrogen and oxygen atoms in total. The standard InChI is InChI=1S/C18H20O4.C6H4.C3H4/c1-11(19)10-21-16-9-8-14-13-6-4-3-5-7-15(13)18(20)22-17(14)12(16)2;1-3-5-6-4-2;1-3-2/h8-9H,3-7,10H2,1-2H3;1-2H2;1-2H2. The maximum absolute atomic E-state index is 12.3. The van der Waals surface area contributed by atoms with E-state index in [2.05, 4.69) is 55.0 Å². The number of hydrogen-bond acceptors (Lipinski definition) is 4. The van der Waals surface area contributed by atoms with Gasteiger partial charge in [-0.25, -0.2) is 4.79 Å². The highest BCUT2D eigenvalue weighted by Crippen LogP contribution is 2.32. The Kier molecular flexibility index (Phi) is 11.0. The molecule has 31 heavy (non-hydrogen) atoms. The van der Waals surface area contributed by atoms with Crippen molar-refractivity contribution >= 4 is 16.8 Å². The van der Waals surface area contributed by atoms with Crippen LogP contribution in [0, 0.1) is 6.92 Å². The summed E-state index contributed by atoms with van der Waals surface area (Å²) in [4.78, 5) is 23.4. The van der Waals surface area contributed by atoms with Gasteiger partial charge in [0.05, 0.1) is 0 Å². The molecule has 4 heteroatoms. The predicted octanol–water partition coefficient (Wildman–Crippen LogP) is 5.72. The zero-order valence-corrected chi connectivity index (χ0v) is 18.4. The highest BCUT2D eigenvalue weighted by molar-refractivity contribution is 5.86. The van der Waals surface area contributed by atoms with Crippen molar-refractivity contribution in [3.63, 3.8) is 0 Å². The fourth-order valence-electron chi connectivity index (χ4n) is 3.23. The van der Waals surface area contributed by atoms with Gasteiger partial charge in [0, 0.05) is 16.5 Å². The van der Waals surface area contributed by atoms with Crippen molar-refractivity contribution in [3.8, 4) is 5.75 Å². The molecule has 1 aliphatic carbocycles. The summed E-state index contributed by atoms with van der Waals surface area (Å²) < 4.78 is 11.1. The van der Waals surface area contributed by atoms with Crippen molar-refractivity contribution < 1.29 is 13.9 Å². The first kappa shape index (κ1) is 25.3. The van der Waals surface area contributed by atoms with E-state index in [1.54, 1.807) is 0 Å². The highest BCUT2D eigenvalue weighted by Gasteiger charge is 2.19. The lowest BCUT2D eigenvalue weighted by atomic mass is 9.99. The third kappa shape index (κ3) is 7.56. The van der Waals surface area contributed by atoms with Gasteiger partial charge in [-0.2, -0.15) is 0 Å². The normalized spacial score (nSPS) is 11.2. The molecule has 1 aromatic carbocycles. The Balaban J connectivity index is 0.000000455. The molecule has 3 rings (SSSR count). The molecule has 0 radical (unpaired) electrons. The number of ketones is 1. The van der Waals surface area contributed by atoms with Gasteiger partial charge in [-0.05, 0) is 81.8 Å². The molecule has 0 aliphatic heterocycles. The fourth-order valence-corrected chi connectivity index (χ4v) is 3.23. The second kappa shape index (κ2) is 13.5. The molecular weight excluding hydrogens is 388 g/mol. The molecule has 1 heterocycles. The number of benzene rings is 1. The monoisotopic (exact) mass is 416 g/mol. The molecule has 1 aromatic heterocycles. The minimum absolute atomic E-state index is 0.0293. The molecule has 1 aliphatic rings. The van der Waals surface area contributed by atoms with E-state index in [9.17, 15) is 9.59 Å². The molecule has 0 saturated carbocycles. The Hall–Kier alpha value is -3.72. The van der Waals surface area contributed by atoms with Crippen LogP contribution in [0.2, 0.25) is 0 Å². The Morgan fingerprint density at radius 2 is 1.61 bits per heavy atom. The topological polar surface area (TPSA) is 56.5 Å². The number of aryl methyl sites for hydroxylation is 2. The Labute approximate surface area is 183 Å². The number of carbonyl (C=O) groups excluding carboxylic acids is 1. The summed E-state index contributed by atoms with van der Waals surface area (Å²) in [7, 11) is 0. The van der Waals surface area contributed by atoms with Crippen LogP contribution in [0.25, 0.3) is 11.0 Å². The largest absolute Gasteiger partial charge is 0.485 e. The van der Waals surface area contributed by atoms with Gasteiger partial charge in [-0.3, -0.25) is 4.79 Å². The first-order chi connectivity index (χ1) is 14.9. The Morgan fingerprint density at radius 3 is 2.16 bits per heavy atom. The molecule has 0 N–H and O–H groups in total. The van der Waals surface area contributed by atoms with E-state index in [-0.39, 0.29) is 18.0 Å². The van der Waals surface area contributed by atoms with Gasteiger partial charge in [-0.15, -0.1) is 5.73 Å². The average Bonchev–Trinajstić information content (AvgIpc) is 3.00. The lowest BCUT2D eigenvalue weighted by molar-refractivity contribution is -0.118. The van der Waals surface area contributed by atoms with E-state index in [0.29, 0.717) is 11.3 Å². The van der Waals surface area contributed by atoms with Crippen LogP contribution in [0.3, 0.4) is 0 Å². The van der Waals surface area contributed by atoms with Gasteiger partial charge in [0.15, 0.2) is 5.78 Å². The summed E-state index contributed by atoms with van der Waals surface area (Å²) in [5.41, 5.74) is 14.9. The van der Waals surface area contributed by atoms with Gasteiger partial charge in [-0.1, -0.05) is 31.0 Å². The average molecular weight is 417 g/mol. The van der Waals surface area contributed by atoms with Gasteiger partial charge in [0.1, 0.15) is 17.9 Å². The summed E-state index contributed by atoms with van der Waals surface area (Å²) in [5, 5.41) is 1.00. The summed E-state index contributed by atoms with van der Waals surface area (Å²) in [5.74, 6) is 0.558. The fraction of sp³-hybridized carbons (Fsp3) is 0.296. The zero-order chi connectivity index (χ0) is 23.2. The lowest BCUT2D eigenvalue weighted by Gasteiger charge is -2.13. The number of carbonyl (C=O) groups is 1. The number of Topliss-reactive ketones (excluding diaryl/α,β-unsaturated/α-hetero) is 1. The summed E-state index contributed by atoms with van der Waals surface area (Å²) in [6, 6.07) is 3.82. The quantitative estimate of drug-likeness (QED) is 0.365. The SMILES string of the molecule is C=C=C.C=C=C=C=C=C.CC(=O)COc1ccc2c3c(c(=O)oc2c1C)CCCCC3. The van der Waals surface area contributed by atoms with Gasteiger partial charge >= 0.3 is 5.63 Å². The Morgan fingerprint density at radius 1 is 1.03 bits per heavy atom. The molecule has 0 unspecified atom stereocenters. The van der Waals surface area contributed by atoms with Crippen molar-refractivity contribution in [2.24, 2.45) is 0 Å². The predicted molar refractivity (Wildman–Crippen MR) is 125 cm³/mol. The van der Waals surface area contributed by atoms with Crippen molar-refractivity contribution in [1.82, 2.24) is 0 Å². The van der Waals surface area contributed by atoms with Crippen LogP contribution in [0.15, 0.2) is 76.3 Å². The summed E-state index contributed by atoms with van der Waals surface area (Å²) >= 11 is 0. The van der Waals surface area contributed by atoms with Crippen LogP contribution in [-0.2, 0) is 17.6 Å². The van der Waals surface area contributed by atoms with E-state index in [1.807, 2.05) is 19.1 Å². The van der Waals surface area contributed by atoms with E-state index in [0.717, 1.165) is 54.2 Å². The van der Waals surface area contributed by atoms with Gasteiger partial charge < -0.3 is 9.15 Å². The van der Waals surface area contributed by atoms with E-state index >= 15 is 0 Å². The Bertz CT molecular complexity index is 1150. The van der Waals surface area contributed by atoms with Crippen molar-refractivity contribution in [3.05, 3.63) is 94.2 Å². The van der Waals surface area contributed by atoms with Crippen molar-refractivity contribution in [1.29, 1.82) is 0 Å². The highest BCUT2D eigenvalue weighted by atomic mass is 16.5. The van der Waals surface area contributed by atoms with Crippen molar-refractivity contribution in [2.75, 3.05) is 6.61 Å². The second-order valence-corrected chi connectivity index (χ2v) is 6.82. The molecule has 0 atom stereocenters. The van der Waals surface area contributed by atoms with Crippen LogP contribution in [0.4, 0.5) is 0 Å². The molecular formula is C27H28O4. The number of rotatable bonds is 3. The zero-order valence-electron chi connectivity index (χ0n) is 18.4. The molecule has 0 fully saturated rings. The van der Waals surface area contributed by atoms with Crippen LogP contribution >= 0.6 is 0 Å². The van der Waals surface area contributed by atoms with Crippen LogP contribution in [-0.4, -0.2) is 12.4 Å². The van der Waals surface area contributed by atoms with E-state index < -0.39 is 0 Å². The van der Waals surface area contributed by atoms with Crippen molar-refractivity contribution in [2.45, 2.75) is 46.0 Å². The summed E-state index contributed by atoms with van der Waals surface area (Å²) in [6.45, 7) is 16.1. The van der Waals surface area contributed by atoms with Gasteiger partial charge in [0.2, 0.25) is 0 Å². The molecule has 0 saturated heterocycles. The molecule has 0 bridgehead atoms. The first-order valence-electron chi connectivity index (χ1n) is 9.94. The molecule has 2 aromatic rings. The minimum Gasteiger partial charge on any atom is -0.485 e. The maximum atomic E-state index is 12.3. The first-order valence-corrected chi connectivity index (χ1v) is 9.94. The smallest absolute Gasteiger partial charge is 0.339 e. The van der Waals surface area contributed by atoms with Crippen LogP contribution < -0.4 is 10.4 Å². The molecule has 0 amide bonds. The number of ether oxygens (including phenoxy) is 1. The molecule has 160 valence electrons. The van der Waals surface area contributed by atoms with Crippen LogP contribution in [0.5, 0.6) is 5.75 Å². The number of hydrogen-bond donors (Lipinski definition) is 0. The third-order valence-corrected chi connectivity index (χ3v) is 4.51. The lowest BCUT2D eigenvalue weighted by Crippen LogP contribution is -2.12. The van der Waals surface area contributed by atoms with E-state index in [4.69, 9.17) is 9.15 Å². The number of fused-ring (bicyclic) bond motifs is 3. The minimum atomic E-state index is -0.226. The third-order valence-electron chi connectivity index (χ3n) is 4.51. The van der Waals surface area contributed by atoms with Gasteiger partial charge in [0.25, 0.3) is 0 Å². The second-order valence-electron chi connectivity index (χ2n) is 6.82. The van der Waals surface area contributed by atoms with Crippen LogP contribution in [0.1, 0.15) is 42.9 Å². The molecule has 0 spiro atoms. The maximum Gasteiger partial charge on any atom is 0.339 e. The van der Waals surface area contributed by atoms with E-state index in [1.165, 1.54) is 6.92 Å². The summed E-state index contributed by atoms with van der Waals surface area (Å²) in [6.07, 6.45) is 5.02.